The molecule has 116 valence electrons. The number of hydrogen-bond acceptors (Lipinski definition) is 2. The molecule has 0 aromatic heterocycles. The third kappa shape index (κ3) is 3.55. The fourth-order valence-electron chi connectivity index (χ4n) is 3.25. The van der Waals surface area contributed by atoms with Crippen LogP contribution in [-0.4, -0.2) is 18.9 Å². The molecule has 1 heterocycles. The molecule has 1 atom stereocenters. The fourth-order valence-corrected chi connectivity index (χ4v) is 3.25. The van der Waals surface area contributed by atoms with E-state index in [-0.39, 0.29) is 11.4 Å². The number of nitrogen functional groups attached to an aromatic ring is 1. The summed E-state index contributed by atoms with van der Waals surface area (Å²) in [5.41, 5.74) is 6.88. The lowest BCUT2D eigenvalue weighted by molar-refractivity contribution is 0.220. The molecule has 1 unspecified atom stereocenters. The van der Waals surface area contributed by atoms with Crippen molar-refractivity contribution in [1.82, 2.24) is 0 Å². The zero-order valence-corrected chi connectivity index (χ0v) is 13.2. The molecule has 1 aromatic rings. The van der Waals surface area contributed by atoms with Crippen molar-refractivity contribution in [3.05, 3.63) is 29.6 Å². The van der Waals surface area contributed by atoms with E-state index < -0.39 is 5.82 Å². The van der Waals surface area contributed by atoms with E-state index in [2.05, 4.69) is 25.7 Å². The highest BCUT2D eigenvalue weighted by atomic mass is 19.1. The van der Waals surface area contributed by atoms with Crippen molar-refractivity contribution in [3.8, 4) is 0 Å². The van der Waals surface area contributed by atoms with Gasteiger partial charge in [0.1, 0.15) is 11.7 Å². The van der Waals surface area contributed by atoms with Crippen LogP contribution in [0.25, 0.3) is 0 Å². The minimum atomic E-state index is -0.406. The molecule has 3 N–H and O–H groups in total. The van der Waals surface area contributed by atoms with Gasteiger partial charge in [-0.15, -0.1) is 0 Å². The highest BCUT2D eigenvalue weighted by molar-refractivity contribution is 6.00. The normalized spacial score (nSPS) is 20.2. The Morgan fingerprint density at radius 2 is 2.00 bits per heavy atom. The number of halogens is 1. The van der Waals surface area contributed by atoms with E-state index in [1.165, 1.54) is 12.5 Å². The lowest BCUT2D eigenvalue weighted by Crippen LogP contribution is -2.29. The molecule has 0 aliphatic carbocycles. The van der Waals surface area contributed by atoms with Crippen molar-refractivity contribution in [1.29, 1.82) is 5.41 Å². The summed E-state index contributed by atoms with van der Waals surface area (Å²) in [5.74, 6) is 0.0770. The first-order chi connectivity index (χ1) is 9.80. The molecule has 3 nitrogen and oxygen atoms in total. The largest absolute Gasteiger partial charge is 0.384 e. The summed E-state index contributed by atoms with van der Waals surface area (Å²) < 4.78 is 14.0. The molecule has 21 heavy (non-hydrogen) atoms. The van der Waals surface area contributed by atoms with Gasteiger partial charge < -0.3 is 10.6 Å². The van der Waals surface area contributed by atoms with Gasteiger partial charge in [0.15, 0.2) is 0 Å². The summed E-state index contributed by atoms with van der Waals surface area (Å²) in [7, 11) is 0. The first-order valence-corrected chi connectivity index (χ1v) is 7.68. The Kier molecular flexibility index (Phi) is 4.55. The van der Waals surface area contributed by atoms with Gasteiger partial charge in [0.25, 0.3) is 0 Å². The first-order valence-electron chi connectivity index (χ1n) is 7.68. The molecule has 1 aliphatic rings. The van der Waals surface area contributed by atoms with E-state index in [1.807, 2.05) is 6.07 Å². The predicted octanol–water partition coefficient (Wildman–Crippen LogP) is 3.76. The average molecular weight is 291 g/mol. The predicted molar refractivity (Wildman–Crippen MR) is 86.4 cm³/mol. The molecule has 0 spiro atoms. The number of hydrogen-bond donors (Lipinski definition) is 2. The average Bonchev–Trinajstić information content (AvgIpc) is 2.63. The van der Waals surface area contributed by atoms with Crippen LogP contribution in [0.5, 0.6) is 0 Å². The number of nitrogens with one attached hydrogen (secondary N) is 1. The van der Waals surface area contributed by atoms with Crippen molar-refractivity contribution in [3.63, 3.8) is 0 Å². The lowest BCUT2D eigenvalue weighted by atomic mass is 9.77. The number of benzene rings is 1. The molecule has 1 aromatic carbocycles. The van der Waals surface area contributed by atoms with Crippen molar-refractivity contribution in [2.75, 3.05) is 18.0 Å². The number of amidine groups is 1. The van der Waals surface area contributed by atoms with Gasteiger partial charge in [-0.05, 0) is 42.7 Å². The standard InChI is InChI=1S/C17H26FN3/c1-17(2,3)12-6-5-10-21(11-9-12)14-8-4-7-13(18)15(14)16(19)20/h4,7-8,12H,5-6,9-11H2,1-3H3,(H3,19,20). The Balaban J connectivity index is 2.24. The molecule has 0 radical (unpaired) electrons. The minimum absolute atomic E-state index is 0.195. The molecule has 0 saturated carbocycles. The van der Waals surface area contributed by atoms with E-state index in [4.69, 9.17) is 11.1 Å². The van der Waals surface area contributed by atoms with E-state index in [0.717, 1.165) is 31.6 Å². The van der Waals surface area contributed by atoms with E-state index >= 15 is 0 Å². The second-order valence-electron chi connectivity index (χ2n) is 7.03. The van der Waals surface area contributed by atoms with Crippen LogP contribution in [0.3, 0.4) is 0 Å². The molecule has 0 amide bonds. The van der Waals surface area contributed by atoms with Crippen LogP contribution in [0.15, 0.2) is 18.2 Å². The fraction of sp³-hybridized carbons (Fsp3) is 0.588. The molecule has 0 bridgehead atoms. The monoisotopic (exact) mass is 291 g/mol. The molecule has 4 heteroatoms. The summed E-state index contributed by atoms with van der Waals surface area (Å²) in [6.07, 6.45) is 3.39. The third-order valence-electron chi connectivity index (χ3n) is 4.55. The second kappa shape index (κ2) is 6.04. The Morgan fingerprint density at radius 1 is 1.29 bits per heavy atom. The van der Waals surface area contributed by atoms with Crippen molar-refractivity contribution >= 4 is 11.5 Å². The lowest BCUT2D eigenvalue weighted by Gasteiger charge is -2.30. The van der Waals surface area contributed by atoms with Gasteiger partial charge in [-0.25, -0.2) is 4.39 Å². The number of nitrogens with two attached hydrogens (primary N) is 1. The van der Waals surface area contributed by atoms with Gasteiger partial charge in [0, 0.05) is 13.1 Å². The SMILES string of the molecule is CC(C)(C)C1CCCN(c2cccc(F)c2C(=N)N)CC1. The van der Waals surface area contributed by atoms with E-state index in [9.17, 15) is 4.39 Å². The Morgan fingerprint density at radius 3 is 2.62 bits per heavy atom. The Labute approximate surface area is 126 Å². The Bertz CT molecular complexity index is 519. The Hall–Kier alpha value is -1.58. The van der Waals surface area contributed by atoms with Gasteiger partial charge >= 0.3 is 0 Å². The van der Waals surface area contributed by atoms with Crippen LogP contribution in [0.4, 0.5) is 10.1 Å². The van der Waals surface area contributed by atoms with Crippen LogP contribution in [0.1, 0.15) is 45.6 Å². The minimum Gasteiger partial charge on any atom is -0.384 e. The van der Waals surface area contributed by atoms with Gasteiger partial charge in [0.2, 0.25) is 0 Å². The molecule has 2 rings (SSSR count). The quantitative estimate of drug-likeness (QED) is 0.644. The van der Waals surface area contributed by atoms with Gasteiger partial charge in [0.05, 0.1) is 11.3 Å². The highest BCUT2D eigenvalue weighted by Crippen LogP contribution is 2.36. The first kappa shape index (κ1) is 15.8. The van der Waals surface area contributed by atoms with Crippen LogP contribution < -0.4 is 10.6 Å². The van der Waals surface area contributed by atoms with Crippen LogP contribution >= 0.6 is 0 Å². The van der Waals surface area contributed by atoms with Crippen LogP contribution in [0.2, 0.25) is 0 Å². The number of anilines is 1. The summed E-state index contributed by atoms with van der Waals surface area (Å²) >= 11 is 0. The molecular formula is C17H26FN3. The molecular weight excluding hydrogens is 265 g/mol. The second-order valence-corrected chi connectivity index (χ2v) is 7.03. The topological polar surface area (TPSA) is 53.1 Å². The highest BCUT2D eigenvalue weighted by Gasteiger charge is 2.28. The van der Waals surface area contributed by atoms with Crippen molar-refractivity contribution in [2.24, 2.45) is 17.1 Å². The summed E-state index contributed by atoms with van der Waals surface area (Å²) in [4.78, 5) is 2.19. The van der Waals surface area contributed by atoms with Crippen molar-refractivity contribution in [2.45, 2.75) is 40.0 Å². The summed E-state index contributed by atoms with van der Waals surface area (Å²) in [6.45, 7) is 8.66. The maximum atomic E-state index is 14.0. The molecule has 1 saturated heterocycles. The van der Waals surface area contributed by atoms with Gasteiger partial charge in [-0.1, -0.05) is 26.8 Å². The number of rotatable bonds is 2. The molecule has 1 fully saturated rings. The van der Waals surface area contributed by atoms with E-state index in [0.29, 0.717) is 11.3 Å². The zero-order valence-electron chi connectivity index (χ0n) is 13.2. The summed E-state index contributed by atoms with van der Waals surface area (Å²) in [6, 6.07) is 4.94. The maximum absolute atomic E-state index is 14.0. The van der Waals surface area contributed by atoms with Gasteiger partial charge in [-0.2, -0.15) is 0 Å². The van der Waals surface area contributed by atoms with Crippen LogP contribution in [0, 0.1) is 22.6 Å². The number of nitrogens with zero attached hydrogens (tertiary/aromatic N) is 1. The molecule has 1 aliphatic heterocycles. The summed E-state index contributed by atoms with van der Waals surface area (Å²) in [5, 5.41) is 7.64. The third-order valence-corrected chi connectivity index (χ3v) is 4.55. The van der Waals surface area contributed by atoms with E-state index in [1.54, 1.807) is 6.07 Å². The smallest absolute Gasteiger partial charge is 0.136 e. The maximum Gasteiger partial charge on any atom is 0.136 e. The van der Waals surface area contributed by atoms with Crippen molar-refractivity contribution < 1.29 is 4.39 Å². The van der Waals surface area contributed by atoms with Gasteiger partial charge in [-0.3, -0.25) is 5.41 Å². The zero-order chi connectivity index (χ0) is 15.6. The van der Waals surface area contributed by atoms with Crippen LogP contribution in [-0.2, 0) is 0 Å².